The van der Waals surface area contributed by atoms with E-state index in [-0.39, 0.29) is 58.0 Å². The van der Waals surface area contributed by atoms with Crippen LogP contribution in [0.25, 0.3) is 0 Å². The Morgan fingerprint density at radius 3 is 0.774 bits per heavy atom. The zero-order valence-electron chi connectivity index (χ0n) is 18.9. The van der Waals surface area contributed by atoms with Gasteiger partial charge >= 0.3 is 23.9 Å². The van der Waals surface area contributed by atoms with Crippen LogP contribution < -0.4 is 0 Å². The number of aliphatic carboxylic acids is 4. The molecule has 0 aromatic rings. The first kappa shape index (κ1) is 39.2. The Morgan fingerprint density at radius 1 is 0.581 bits per heavy atom. The minimum absolute atomic E-state index is 0.151. The Hall–Kier alpha value is -2.28. The quantitative estimate of drug-likeness (QED) is 0.235. The standard InChI is InChI=1S/C7H16O4.4C3H6O2/c1-6(2-8)7(3-9,4-10)5-11;4*1-2-3(4)5/h6,8-11H,2-5H2,1H3;4*2H2,1H3,(H,4,5). The number of aliphatic hydroxyl groups excluding tert-OH is 4. The normalized spacial score (nSPS) is 10.1. The van der Waals surface area contributed by atoms with Crippen molar-refractivity contribution < 1.29 is 60.0 Å². The Kier molecular flexibility index (Phi) is 35.1. The highest BCUT2D eigenvalue weighted by molar-refractivity contribution is 5.66. The molecule has 0 amide bonds. The fourth-order valence-electron chi connectivity index (χ4n) is 0.811. The molecule has 0 bridgehead atoms. The van der Waals surface area contributed by atoms with E-state index >= 15 is 0 Å². The molecular weight excluding hydrogens is 420 g/mol. The van der Waals surface area contributed by atoms with Gasteiger partial charge in [-0.25, -0.2) is 0 Å². The molecule has 0 heterocycles. The SMILES string of the molecule is CC(CO)C(CO)(CO)CO.CCC(=O)O.CCC(=O)O.CCC(=O)O.CCC(=O)O. The molecule has 0 saturated heterocycles. The molecule has 0 saturated carbocycles. The molecule has 0 aliphatic heterocycles. The first-order chi connectivity index (χ1) is 14.2. The van der Waals surface area contributed by atoms with E-state index in [1.165, 1.54) is 0 Å². The van der Waals surface area contributed by atoms with Crippen molar-refractivity contribution in [2.45, 2.75) is 60.3 Å². The molecule has 0 rings (SSSR count). The van der Waals surface area contributed by atoms with Crippen LogP contribution in [0.4, 0.5) is 0 Å². The largest absolute Gasteiger partial charge is 0.481 e. The van der Waals surface area contributed by atoms with Gasteiger partial charge in [0.2, 0.25) is 0 Å². The summed E-state index contributed by atoms with van der Waals surface area (Å²) < 4.78 is 0. The highest BCUT2D eigenvalue weighted by atomic mass is 16.4. The molecule has 0 spiro atoms. The summed E-state index contributed by atoms with van der Waals surface area (Å²) in [5.41, 5.74) is -0.950. The second-order valence-electron chi connectivity index (χ2n) is 5.91. The Balaban J connectivity index is -0.0000000967. The third kappa shape index (κ3) is 35.5. The molecule has 8 N–H and O–H groups in total. The molecule has 0 aromatic carbocycles. The predicted octanol–water partition coefficient (Wildman–Crippen LogP) is 0.502. The van der Waals surface area contributed by atoms with Gasteiger partial charge in [-0.15, -0.1) is 0 Å². The van der Waals surface area contributed by atoms with Crippen LogP contribution in [0.2, 0.25) is 0 Å². The zero-order valence-corrected chi connectivity index (χ0v) is 18.9. The van der Waals surface area contributed by atoms with E-state index in [2.05, 4.69) is 0 Å². The van der Waals surface area contributed by atoms with E-state index < -0.39 is 29.3 Å². The van der Waals surface area contributed by atoms with Gasteiger partial charge in [0.25, 0.3) is 0 Å². The molecule has 1 atom stereocenters. The van der Waals surface area contributed by atoms with Crippen molar-refractivity contribution in [1.29, 1.82) is 0 Å². The highest BCUT2D eigenvalue weighted by Crippen LogP contribution is 2.25. The minimum atomic E-state index is -0.950. The molecule has 0 aromatic heterocycles. The predicted molar refractivity (Wildman–Crippen MR) is 112 cm³/mol. The number of carboxylic acid groups (broad SMARTS) is 4. The van der Waals surface area contributed by atoms with Gasteiger partial charge in [0.1, 0.15) is 0 Å². The summed E-state index contributed by atoms with van der Waals surface area (Å²) in [4.78, 5) is 37.5. The maximum atomic E-state index is 9.37. The maximum absolute atomic E-state index is 9.37. The number of hydrogen-bond donors (Lipinski definition) is 8. The van der Waals surface area contributed by atoms with E-state index in [4.69, 9.17) is 40.9 Å². The van der Waals surface area contributed by atoms with E-state index in [1.54, 1.807) is 34.6 Å². The van der Waals surface area contributed by atoms with Gasteiger partial charge in [-0.2, -0.15) is 0 Å². The van der Waals surface area contributed by atoms with Crippen molar-refractivity contribution in [3.05, 3.63) is 0 Å². The van der Waals surface area contributed by atoms with Crippen molar-refractivity contribution >= 4 is 23.9 Å². The van der Waals surface area contributed by atoms with Crippen molar-refractivity contribution in [2.75, 3.05) is 26.4 Å². The average Bonchev–Trinajstić information content (AvgIpc) is 2.76. The number of rotatable bonds is 9. The van der Waals surface area contributed by atoms with E-state index in [0.29, 0.717) is 0 Å². The van der Waals surface area contributed by atoms with E-state index in [9.17, 15) is 19.2 Å². The second kappa shape index (κ2) is 27.7. The van der Waals surface area contributed by atoms with E-state index in [1.807, 2.05) is 0 Å². The number of hydrogen-bond acceptors (Lipinski definition) is 8. The minimum Gasteiger partial charge on any atom is -0.481 e. The van der Waals surface area contributed by atoms with Crippen LogP contribution in [0.1, 0.15) is 60.3 Å². The van der Waals surface area contributed by atoms with Crippen LogP contribution in [0.3, 0.4) is 0 Å². The summed E-state index contributed by atoms with van der Waals surface area (Å²) in [6.07, 6.45) is 0.889. The van der Waals surface area contributed by atoms with Gasteiger partial charge < -0.3 is 40.9 Å². The lowest BCUT2D eigenvalue weighted by Crippen LogP contribution is -2.41. The van der Waals surface area contributed by atoms with Crippen LogP contribution in [0.15, 0.2) is 0 Å². The molecule has 0 aliphatic carbocycles. The van der Waals surface area contributed by atoms with Gasteiger partial charge in [0.15, 0.2) is 0 Å². The third-order valence-corrected chi connectivity index (χ3v) is 3.47. The number of carboxylic acids is 4. The molecule has 0 radical (unpaired) electrons. The topological polar surface area (TPSA) is 230 Å². The van der Waals surface area contributed by atoms with Gasteiger partial charge in [-0.05, 0) is 5.92 Å². The van der Waals surface area contributed by atoms with Crippen LogP contribution >= 0.6 is 0 Å². The lowest BCUT2D eigenvalue weighted by Gasteiger charge is -2.32. The highest BCUT2D eigenvalue weighted by Gasteiger charge is 2.34. The fourth-order valence-corrected chi connectivity index (χ4v) is 0.811. The molecule has 0 fully saturated rings. The smallest absolute Gasteiger partial charge is 0.303 e. The van der Waals surface area contributed by atoms with Gasteiger partial charge in [-0.3, -0.25) is 19.2 Å². The first-order valence-electron chi connectivity index (χ1n) is 9.55. The van der Waals surface area contributed by atoms with Gasteiger partial charge in [0, 0.05) is 37.7 Å². The summed E-state index contributed by atoms with van der Waals surface area (Å²) in [5.74, 6) is -3.28. The third-order valence-electron chi connectivity index (χ3n) is 3.47. The Morgan fingerprint density at radius 2 is 0.742 bits per heavy atom. The van der Waals surface area contributed by atoms with Crippen LogP contribution in [-0.4, -0.2) is 91.2 Å². The fraction of sp³-hybridized carbons (Fsp3) is 0.789. The summed E-state index contributed by atoms with van der Waals surface area (Å²) >= 11 is 0. The molecule has 12 heteroatoms. The van der Waals surface area contributed by atoms with Crippen LogP contribution in [-0.2, 0) is 19.2 Å². The molecule has 0 aliphatic rings. The van der Waals surface area contributed by atoms with Crippen molar-refractivity contribution in [3.63, 3.8) is 0 Å². The average molecular weight is 461 g/mol. The monoisotopic (exact) mass is 460 g/mol. The molecule has 31 heavy (non-hydrogen) atoms. The van der Waals surface area contributed by atoms with Crippen LogP contribution in [0.5, 0.6) is 0 Å². The van der Waals surface area contributed by atoms with E-state index in [0.717, 1.165) is 0 Å². The second-order valence-corrected chi connectivity index (χ2v) is 5.91. The van der Waals surface area contributed by atoms with Gasteiger partial charge in [-0.1, -0.05) is 34.6 Å². The molecule has 188 valence electrons. The molecule has 12 nitrogen and oxygen atoms in total. The van der Waals surface area contributed by atoms with Crippen LogP contribution in [0, 0.1) is 11.3 Å². The Labute approximate surface area is 182 Å². The van der Waals surface area contributed by atoms with Crippen molar-refractivity contribution in [3.8, 4) is 0 Å². The summed E-state index contributed by atoms with van der Waals surface area (Å²) in [6.45, 7) is 6.96. The lowest BCUT2D eigenvalue weighted by atomic mass is 9.79. The molecular formula is C19H40O12. The summed E-state index contributed by atoms with van der Waals surface area (Å²) in [7, 11) is 0. The molecule has 1 unspecified atom stereocenters. The lowest BCUT2D eigenvalue weighted by molar-refractivity contribution is -0.137. The summed E-state index contributed by atoms with van der Waals surface area (Å²) in [5, 5.41) is 66.2. The summed E-state index contributed by atoms with van der Waals surface area (Å²) in [6, 6.07) is 0. The number of aliphatic hydroxyl groups is 4. The van der Waals surface area contributed by atoms with Crippen molar-refractivity contribution in [1.82, 2.24) is 0 Å². The Bertz CT molecular complexity index is 383. The zero-order chi connectivity index (χ0) is 26.0. The van der Waals surface area contributed by atoms with Crippen molar-refractivity contribution in [2.24, 2.45) is 11.3 Å². The maximum Gasteiger partial charge on any atom is 0.303 e. The number of carbonyl (C=O) groups is 4. The van der Waals surface area contributed by atoms with Gasteiger partial charge in [0.05, 0.1) is 19.8 Å². The first-order valence-corrected chi connectivity index (χ1v) is 9.55.